The molecule has 0 unspecified atom stereocenters. The topological polar surface area (TPSA) is 61.4 Å². The number of pyridine rings is 1. The lowest BCUT2D eigenvalue weighted by Gasteiger charge is -2.09. The number of imidazole rings is 1. The standard InChI is InChI=1S/C19H12F2N6/c20-18(21)26-10-7-13-16(12-5-8-22-9-6-12)24-19(25-17(13)26)27-11-23-14-3-1-2-4-15(14)27/h1-11,18H. The van der Waals surface area contributed by atoms with E-state index in [1.807, 2.05) is 24.3 Å². The molecule has 6 nitrogen and oxygen atoms in total. The molecule has 4 aromatic heterocycles. The third-order valence-corrected chi connectivity index (χ3v) is 4.39. The number of rotatable bonds is 3. The molecule has 5 aromatic rings. The molecule has 1 aromatic carbocycles. The highest BCUT2D eigenvalue weighted by Gasteiger charge is 2.18. The highest BCUT2D eigenvalue weighted by atomic mass is 19.3. The van der Waals surface area contributed by atoms with Crippen LogP contribution in [0, 0.1) is 0 Å². The van der Waals surface area contributed by atoms with Gasteiger partial charge in [0.2, 0.25) is 5.95 Å². The molecule has 0 bridgehead atoms. The fourth-order valence-electron chi connectivity index (χ4n) is 3.14. The van der Waals surface area contributed by atoms with Gasteiger partial charge in [0, 0.05) is 29.5 Å². The maximum atomic E-state index is 13.5. The van der Waals surface area contributed by atoms with Crippen LogP contribution in [0.4, 0.5) is 8.78 Å². The van der Waals surface area contributed by atoms with Crippen LogP contribution in [-0.2, 0) is 0 Å². The Morgan fingerprint density at radius 2 is 1.74 bits per heavy atom. The predicted octanol–water partition coefficient (Wildman–Crippen LogP) is 4.23. The predicted molar refractivity (Wildman–Crippen MR) is 96.6 cm³/mol. The lowest BCUT2D eigenvalue weighted by molar-refractivity contribution is 0.0746. The molecule has 0 aliphatic heterocycles. The van der Waals surface area contributed by atoms with Crippen molar-refractivity contribution in [2.45, 2.75) is 6.55 Å². The van der Waals surface area contributed by atoms with Crippen molar-refractivity contribution in [1.82, 2.24) is 29.1 Å². The summed E-state index contributed by atoms with van der Waals surface area (Å²) in [5, 5.41) is 0.551. The van der Waals surface area contributed by atoms with Crippen molar-refractivity contribution in [3.05, 3.63) is 67.4 Å². The normalized spacial score (nSPS) is 11.7. The minimum Gasteiger partial charge on any atom is -0.275 e. The summed E-state index contributed by atoms with van der Waals surface area (Å²) in [7, 11) is 0. The van der Waals surface area contributed by atoms with E-state index in [-0.39, 0.29) is 11.6 Å². The highest BCUT2D eigenvalue weighted by Crippen LogP contribution is 2.30. The van der Waals surface area contributed by atoms with Crippen LogP contribution < -0.4 is 0 Å². The third kappa shape index (κ3) is 2.45. The number of hydrogen-bond donors (Lipinski definition) is 0. The number of fused-ring (bicyclic) bond motifs is 2. The van der Waals surface area contributed by atoms with Gasteiger partial charge in [0.15, 0.2) is 5.65 Å². The van der Waals surface area contributed by atoms with Crippen LogP contribution in [0.2, 0.25) is 0 Å². The molecule has 4 heterocycles. The molecule has 0 aliphatic rings. The van der Waals surface area contributed by atoms with Crippen LogP contribution in [0.25, 0.3) is 39.3 Å². The number of benzene rings is 1. The third-order valence-electron chi connectivity index (χ3n) is 4.39. The number of halogens is 2. The smallest absolute Gasteiger partial charge is 0.275 e. The average Bonchev–Trinajstić information content (AvgIpc) is 3.32. The SMILES string of the molecule is FC(F)n1ccc2c(-c3ccncc3)nc(-n3cnc4ccccc43)nc21. The van der Waals surface area contributed by atoms with Crippen molar-refractivity contribution in [1.29, 1.82) is 0 Å². The Bertz CT molecular complexity index is 1260. The van der Waals surface area contributed by atoms with Gasteiger partial charge in [-0.2, -0.15) is 13.8 Å². The maximum Gasteiger partial charge on any atom is 0.320 e. The van der Waals surface area contributed by atoms with Crippen LogP contribution in [0.5, 0.6) is 0 Å². The minimum atomic E-state index is -2.70. The molecular weight excluding hydrogens is 350 g/mol. The van der Waals surface area contributed by atoms with E-state index in [1.54, 1.807) is 41.5 Å². The maximum absolute atomic E-state index is 13.5. The van der Waals surface area contributed by atoms with E-state index in [1.165, 1.54) is 6.20 Å². The van der Waals surface area contributed by atoms with E-state index in [4.69, 9.17) is 0 Å². The Morgan fingerprint density at radius 3 is 2.56 bits per heavy atom. The first-order chi connectivity index (χ1) is 13.2. The molecule has 0 N–H and O–H groups in total. The zero-order valence-corrected chi connectivity index (χ0v) is 13.9. The van der Waals surface area contributed by atoms with Crippen molar-refractivity contribution in [3.8, 4) is 17.2 Å². The Balaban J connectivity index is 1.84. The molecule has 5 rings (SSSR count). The largest absolute Gasteiger partial charge is 0.320 e. The summed E-state index contributed by atoms with van der Waals surface area (Å²) in [5.41, 5.74) is 3.08. The second kappa shape index (κ2) is 5.94. The number of alkyl halides is 2. The number of hydrogen-bond acceptors (Lipinski definition) is 4. The minimum absolute atomic E-state index is 0.166. The zero-order valence-electron chi connectivity index (χ0n) is 13.9. The summed E-state index contributed by atoms with van der Waals surface area (Å²) in [6.07, 6.45) is 6.20. The van der Waals surface area contributed by atoms with Crippen LogP contribution in [0.3, 0.4) is 0 Å². The Kier molecular flexibility index (Phi) is 3.43. The summed E-state index contributed by atoms with van der Waals surface area (Å²) in [6.45, 7) is -2.70. The molecule has 0 atom stereocenters. The summed E-state index contributed by atoms with van der Waals surface area (Å²) in [6, 6.07) is 12.7. The first kappa shape index (κ1) is 15.6. The molecule has 0 amide bonds. The van der Waals surface area contributed by atoms with Gasteiger partial charge in [0.05, 0.1) is 16.7 Å². The van der Waals surface area contributed by atoms with Crippen LogP contribution in [0.15, 0.2) is 67.4 Å². The fraction of sp³-hybridized carbons (Fsp3) is 0.0526. The average molecular weight is 362 g/mol. The van der Waals surface area contributed by atoms with Crippen molar-refractivity contribution in [2.75, 3.05) is 0 Å². The van der Waals surface area contributed by atoms with E-state index in [0.717, 1.165) is 21.2 Å². The van der Waals surface area contributed by atoms with Crippen molar-refractivity contribution in [2.24, 2.45) is 0 Å². The second-order valence-corrected chi connectivity index (χ2v) is 5.95. The Hall–Kier alpha value is -3.68. The fourth-order valence-corrected chi connectivity index (χ4v) is 3.14. The summed E-state index contributed by atoms with van der Waals surface area (Å²) in [4.78, 5) is 17.4. The summed E-state index contributed by atoms with van der Waals surface area (Å²) < 4.78 is 29.5. The van der Waals surface area contributed by atoms with Crippen LogP contribution in [0.1, 0.15) is 6.55 Å². The molecular formula is C19H12F2N6. The van der Waals surface area contributed by atoms with Gasteiger partial charge in [-0.15, -0.1) is 0 Å². The van der Waals surface area contributed by atoms with E-state index >= 15 is 0 Å². The zero-order chi connectivity index (χ0) is 18.4. The summed E-state index contributed by atoms with van der Waals surface area (Å²) in [5.74, 6) is 0.281. The lowest BCUT2D eigenvalue weighted by atomic mass is 10.1. The first-order valence-corrected chi connectivity index (χ1v) is 8.22. The Morgan fingerprint density at radius 1 is 0.926 bits per heavy atom. The molecule has 27 heavy (non-hydrogen) atoms. The van der Waals surface area contributed by atoms with Crippen LogP contribution in [-0.4, -0.2) is 29.1 Å². The quantitative estimate of drug-likeness (QED) is 0.482. The summed E-state index contributed by atoms with van der Waals surface area (Å²) >= 11 is 0. The molecule has 0 aliphatic carbocycles. The van der Waals surface area contributed by atoms with E-state index in [2.05, 4.69) is 19.9 Å². The molecule has 0 saturated heterocycles. The lowest BCUT2D eigenvalue weighted by Crippen LogP contribution is -2.05. The van der Waals surface area contributed by atoms with Gasteiger partial charge in [0.1, 0.15) is 6.33 Å². The number of aromatic nitrogens is 6. The van der Waals surface area contributed by atoms with Gasteiger partial charge in [-0.3, -0.25) is 14.1 Å². The molecule has 0 spiro atoms. The van der Waals surface area contributed by atoms with Gasteiger partial charge in [0.25, 0.3) is 0 Å². The monoisotopic (exact) mass is 362 g/mol. The van der Waals surface area contributed by atoms with Gasteiger partial charge in [-0.05, 0) is 30.3 Å². The van der Waals surface area contributed by atoms with Gasteiger partial charge in [-0.1, -0.05) is 12.1 Å². The van der Waals surface area contributed by atoms with Crippen LogP contribution >= 0.6 is 0 Å². The molecule has 8 heteroatoms. The Labute approximate surface area is 151 Å². The van der Waals surface area contributed by atoms with Crippen molar-refractivity contribution < 1.29 is 8.78 Å². The molecule has 0 saturated carbocycles. The van der Waals surface area contributed by atoms with E-state index in [9.17, 15) is 8.78 Å². The van der Waals surface area contributed by atoms with Gasteiger partial charge in [-0.25, -0.2) is 9.97 Å². The number of nitrogens with zero attached hydrogens (tertiary/aromatic N) is 6. The van der Waals surface area contributed by atoms with Gasteiger partial charge < -0.3 is 0 Å². The highest BCUT2D eigenvalue weighted by molar-refractivity contribution is 5.91. The second-order valence-electron chi connectivity index (χ2n) is 5.95. The van der Waals surface area contributed by atoms with Crippen molar-refractivity contribution >= 4 is 22.1 Å². The van der Waals surface area contributed by atoms with E-state index < -0.39 is 6.55 Å². The van der Waals surface area contributed by atoms with Gasteiger partial charge >= 0.3 is 6.55 Å². The molecule has 132 valence electrons. The molecule has 0 fully saturated rings. The first-order valence-electron chi connectivity index (χ1n) is 8.22. The van der Waals surface area contributed by atoms with E-state index in [0.29, 0.717) is 11.1 Å². The van der Waals surface area contributed by atoms with Crippen molar-refractivity contribution in [3.63, 3.8) is 0 Å². The number of para-hydroxylation sites is 2. The molecule has 0 radical (unpaired) electrons.